The Balaban J connectivity index is 1.44. The number of carbonyl (C=O) groups is 1. The maximum atomic E-state index is 12.3. The van der Waals surface area contributed by atoms with Gasteiger partial charge in [0, 0.05) is 36.9 Å². The van der Waals surface area contributed by atoms with E-state index in [1.165, 1.54) is 19.3 Å². The molecule has 5 heteroatoms. The van der Waals surface area contributed by atoms with Gasteiger partial charge in [-0.3, -0.25) is 4.79 Å². The summed E-state index contributed by atoms with van der Waals surface area (Å²) < 4.78 is 0. The fourth-order valence-corrected chi connectivity index (χ4v) is 3.94. The molecule has 132 valence electrons. The van der Waals surface area contributed by atoms with Gasteiger partial charge in [0.1, 0.15) is 0 Å². The molecule has 0 spiro atoms. The summed E-state index contributed by atoms with van der Waals surface area (Å²) in [5, 5.41) is 3.21. The molecule has 0 aromatic carbocycles. The molecule has 1 amide bonds. The Hall–Kier alpha value is -1.65. The third-order valence-corrected chi connectivity index (χ3v) is 5.41. The van der Waals surface area contributed by atoms with E-state index >= 15 is 0 Å². The zero-order valence-corrected chi connectivity index (χ0v) is 15.1. The Kier molecular flexibility index (Phi) is 5.69. The minimum absolute atomic E-state index is 0.266. The number of rotatable bonds is 4. The molecule has 5 nitrogen and oxygen atoms in total. The highest BCUT2D eigenvalue weighted by Gasteiger charge is 2.24. The summed E-state index contributed by atoms with van der Waals surface area (Å²) in [6.07, 6.45) is 8.08. The van der Waals surface area contributed by atoms with E-state index in [1.54, 1.807) is 0 Å². The van der Waals surface area contributed by atoms with Gasteiger partial charge in [-0.2, -0.15) is 0 Å². The fraction of sp³-hybridized carbons (Fsp3) is 0.737. The van der Waals surface area contributed by atoms with Crippen LogP contribution in [0, 0.1) is 25.7 Å². The summed E-state index contributed by atoms with van der Waals surface area (Å²) >= 11 is 0. The quantitative estimate of drug-likeness (QED) is 0.922. The number of nitrogens with one attached hydrogen (secondary N) is 1. The molecular formula is C19H30N4O. The second-order valence-corrected chi connectivity index (χ2v) is 7.46. The number of carbonyl (C=O) groups excluding carboxylic acids is 1. The van der Waals surface area contributed by atoms with Gasteiger partial charge in [0.15, 0.2) is 0 Å². The highest BCUT2D eigenvalue weighted by atomic mass is 16.1. The molecule has 1 aromatic heterocycles. The van der Waals surface area contributed by atoms with Crippen molar-refractivity contribution in [1.82, 2.24) is 15.3 Å². The molecule has 0 radical (unpaired) electrons. The van der Waals surface area contributed by atoms with E-state index in [4.69, 9.17) is 0 Å². The molecule has 1 aromatic rings. The van der Waals surface area contributed by atoms with Crippen LogP contribution in [0.5, 0.6) is 0 Å². The van der Waals surface area contributed by atoms with Crippen molar-refractivity contribution in [3.63, 3.8) is 0 Å². The predicted molar refractivity (Wildman–Crippen MR) is 96.0 cm³/mol. The van der Waals surface area contributed by atoms with E-state index in [0.29, 0.717) is 5.92 Å². The molecule has 2 heterocycles. The second kappa shape index (κ2) is 7.95. The predicted octanol–water partition coefficient (Wildman–Crippen LogP) is 3.01. The fourth-order valence-electron chi connectivity index (χ4n) is 3.94. The van der Waals surface area contributed by atoms with Gasteiger partial charge in [-0.15, -0.1) is 0 Å². The molecule has 1 N–H and O–H groups in total. The molecule has 1 saturated heterocycles. The van der Waals surface area contributed by atoms with Gasteiger partial charge in [0.2, 0.25) is 11.9 Å². The molecule has 1 aliphatic heterocycles. The summed E-state index contributed by atoms with van der Waals surface area (Å²) in [7, 11) is 0. The van der Waals surface area contributed by atoms with E-state index in [9.17, 15) is 4.79 Å². The molecule has 1 saturated carbocycles. The number of hydrogen-bond donors (Lipinski definition) is 1. The van der Waals surface area contributed by atoms with Crippen molar-refractivity contribution in [3.05, 3.63) is 17.5 Å². The maximum absolute atomic E-state index is 12.3. The van der Waals surface area contributed by atoms with Crippen molar-refractivity contribution in [1.29, 1.82) is 0 Å². The highest BCUT2D eigenvalue weighted by molar-refractivity contribution is 5.78. The van der Waals surface area contributed by atoms with Crippen LogP contribution >= 0.6 is 0 Å². The van der Waals surface area contributed by atoms with Crippen molar-refractivity contribution in [3.8, 4) is 0 Å². The van der Waals surface area contributed by atoms with Gasteiger partial charge in [-0.05, 0) is 51.5 Å². The first-order valence-corrected chi connectivity index (χ1v) is 9.47. The van der Waals surface area contributed by atoms with Crippen LogP contribution in [-0.2, 0) is 4.79 Å². The summed E-state index contributed by atoms with van der Waals surface area (Å²) in [6.45, 7) is 6.83. The summed E-state index contributed by atoms with van der Waals surface area (Å²) in [5.74, 6) is 1.99. The summed E-state index contributed by atoms with van der Waals surface area (Å²) in [4.78, 5) is 23.7. The lowest BCUT2D eigenvalue weighted by atomic mass is 9.88. The second-order valence-electron chi connectivity index (χ2n) is 7.46. The van der Waals surface area contributed by atoms with E-state index in [-0.39, 0.29) is 11.8 Å². The van der Waals surface area contributed by atoms with Crippen molar-refractivity contribution < 1.29 is 4.79 Å². The lowest BCUT2D eigenvalue weighted by molar-refractivity contribution is -0.126. The van der Waals surface area contributed by atoms with Gasteiger partial charge < -0.3 is 10.2 Å². The third kappa shape index (κ3) is 4.46. The van der Waals surface area contributed by atoms with Gasteiger partial charge in [-0.1, -0.05) is 19.3 Å². The number of amides is 1. The van der Waals surface area contributed by atoms with Gasteiger partial charge in [0.05, 0.1) is 0 Å². The molecule has 3 rings (SSSR count). The average molecular weight is 330 g/mol. The minimum atomic E-state index is 0.266. The zero-order chi connectivity index (χ0) is 16.9. The first-order chi connectivity index (χ1) is 11.6. The molecule has 0 bridgehead atoms. The van der Waals surface area contributed by atoms with Gasteiger partial charge in [0.25, 0.3) is 0 Å². The molecule has 0 unspecified atom stereocenters. The molecule has 1 aliphatic carbocycles. The largest absolute Gasteiger partial charge is 0.356 e. The molecule has 0 atom stereocenters. The van der Waals surface area contributed by atoms with Crippen molar-refractivity contribution >= 4 is 11.9 Å². The Labute approximate surface area is 145 Å². The Bertz CT molecular complexity index is 540. The van der Waals surface area contributed by atoms with Crippen LogP contribution in [0.4, 0.5) is 5.95 Å². The molecule has 24 heavy (non-hydrogen) atoms. The van der Waals surface area contributed by atoms with E-state index in [1.807, 2.05) is 19.9 Å². The van der Waals surface area contributed by atoms with Crippen LogP contribution in [0.25, 0.3) is 0 Å². The van der Waals surface area contributed by atoms with Crippen LogP contribution in [0.15, 0.2) is 6.07 Å². The van der Waals surface area contributed by atoms with Crippen LogP contribution in [0.2, 0.25) is 0 Å². The zero-order valence-electron chi connectivity index (χ0n) is 15.1. The highest BCUT2D eigenvalue weighted by Crippen LogP contribution is 2.24. The topological polar surface area (TPSA) is 58.1 Å². The maximum Gasteiger partial charge on any atom is 0.225 e. The first-order valence-electron chi connectivity index (χ1n) is 9.47. The number of hydrogen-bond acceptors (Lipinski definition) is 4. The van der Waals surface area contributed by atoms with Crippen molar-refractivity contribution in [2.45, 2.75) is 58.8 Å². The van der Waals surface area contributed by atoms with Crippen molar-refractivity contribution in [2.75, 3.05) is 24.5 Å². The van der Waals surface area contributed by atoms with Crippen LogP contribution < -0.4 is 10.2 Å². The number of aromatic nitrogens is 2. The SMILES string of the molecule is Cc1cc(C)nc(N2CCC(CNC(=O)C3CCCCC3)CC2)n1. The van der Waals surface area contributed by atoms with Gasteiger partial charge >= 0.3 is 0 Å². The van der Waals surface area contributed by atoms with Gasteiger partial charge in [-0.25, -0.2) is 9.97 Å². The van der Waals surface area contributed by atoms with E-state index in [2.05, 4.69) is 20.2 Å². The van der Waals surface area contributed by atoms with E-state index in [0.717, 1.165) is 62.7 Å². The van der Waals surface area contributed by atoms with E-state index < -0.39 is 0 Å². The van der Waals surface area contributed by atoms with Crippen LogP contribution in [-0.4, -0.2) is 35.5 Å². The number of aryl methyl sites for hydroxylation is 2. The monoisotopic (exact) mass is 330 g/mol. The molecule has 2 fully saturated rings. The normalized spacial score (nSPS) is 20.2. The Morgan fingerprint density at radius 3 is 2.33 bits per heavy atom. The third-order valence-electron chi connectivity index (χ3n) is 5.41. The number of piperidine rings is 1. The Morgan fingerprint density at radius 2 is 1.71 bits per heavy atom. The smallest absolute Gasteiger partial charge is 0.225 e. The molecular weight excluding hydrogens is 300 g/mol. The lowest BCUT2D eigenvalue weighted by Gasteiger charge is -2.32. The summed E-state index contributed by atoms with van der Waals surface area (Å²) in [6, 6.07) is 2.01. The molecule has 2 aliphatic rings. The van der Waals surface area contributed by atoms with Crippen LogP contribution in [0.3, 0.4) is 0 Å². The average Bonchev–Trinajstić information content (AvgIpc) is 2.60. The Morgan fingerprint density at radius 1 is 1.08 bits per heavy atom. The first kappa shape index (κ1) is 17.2. The minimum Gasteiger partial charge on any atom is -0.356 e. The van der Waals surface area contributed by atoms with Crippen LogP contribution in [0.1, 0.15) is 56.3 Å². The standard InChI is InChI=1S/C19H30N4O/c1-14-12-15(2)22-19(21-14)23-10-8-16(9-11-23)13-20-18(24)17-6-4-3-5-7-17/h12,16-17H,3-11,13H2,1-2H3,(H,20,24). The number of anilines is 1. The number of nitrogens with zero attached hydrogens (tertiary/aromatic N) is 3. The van der Waals surface area contributed by atoms with Crippen molar-refractivity contribution in [2.24, 2.45) is 11.8 Å². The lowest BCUT2D eigenvalue weighted by Crippen LogP contribution is -2.41. The summed E-state index contributed by atoms with van der Waals surface area (Å²) in [5.41, 5.74) is 2.05.